The largest absolute Gasteiger partial charge is 0.237 e. The van der Waals surface area contributed by atoms with Gasteiger partial charge in [-0.25, -0.2) is 9.97 Å². The van der Waals surface area contributed by atoms with Crippen molar-refractivity contribution in [2.75, 3.05) is 0 Å². The van der Waals surface area contributed by atoms with Crippen molar-refractivity contribution in [1.29, 1.82) is 0 Å². The van der Waals surface area contributed by atoms with Gasteiger partial charge < -0.3 is 0 Å². The summed E-state index contributed by atoms with van der Waals surface area (Å²) < 4.78 is 0. The van der Waals surface area contributed by atoms with E-state index in [4.69, 9.17) is 11.6 Å². The standard InChI is InChI=1S/C10H7ClN2/c11-9-4-2-8(3-5-9)10-12-6-1-7-13-10/h1-7H. The number of aromatic nitrogens is 2. The molecule has 0 bridgehead atoms. The number of nitrogens with zero attached hydrogens (tertiary/aromatic N) is 2. The van der Waals surface area contributed by atoms with Gasteiger partial charge in [-0.2, -0.15) is 0 Å². The molecule has 3 heteroatoms. The molecule has 2 nitrogen and oxygen atoms in total. The molecule has 13 heavy (non-hydrogen) atoms. The van der Waals surface area contributed by atoms with Crippen LogP contribution < -0.4 is 0 Å². The van der Waals surface area contributed by atoms with Crippen LogP contribution in [-0.4, -0.2) is 9.97 Å². The van der Waals surface area contributed by atoms with Crippen molar-refractivity contribution >= 4 is 11.6 Å². The molecule has 0 aliphatic carbocycles. The fourth-order valence-electron chi connectivity index (χ4n) is 1.05. The average Bonchev–Trinajstić information content (AvgIpc) is 2.20. The maximum absolute atomic E-state index is 5.76. The zero-order valence-electron chi connectivity index (χ0n) is 6.81. The van der Waals surface area contributed by atoms with Crippen molar-refractivity contribution in [2.24, 2.45) is 0 Å². The Morgan fingerprint density at radius 3 is 2.15 bits per heavy atom. The zero-order chi connectivity index (χ0) is 9.10. The minimum Gasteiger partial charge on any atom is -0.237 e. The molecule has 1 heterocycles. The Morgan fingerprint density at radius 1 is 0.923 bits per heavy atom. The summed E-state index contributed by atoms with van der Waals surface area (Å²) in [4.78, 5) is 8.25. The van der Waals surface area contributed by atoms with Crippen LogP contribution >= 0.6 is 11.6 Å². The van der Waals surface area contributed by atoms with Crippen LogP contribution in [0.4, 0.5) is 0 Å². The minimum atomic E-state index is 0.721. The van der Waals surface area contributed by atoms with Crippen LogP contribution in [0.5, 0.6) is 0 Å². The normalized spacial score (nSPS) is 9.92. The highest BCUT2D eigenvalue weighted by Crippen LogP contribution is 2.16. The molecule has 0 aliphatic heterocycles. The Hall–Kier alpha value is -1.41. The van der Waals surface area contributed by atoms with E-state index < -0.39 is 0 Å². The third-order valence-corrected chi connectivity index (χ3v) is 1.92. The Kier molecular flexibility index (Phi) is 2.23. The predicted molar refractivity (Wildman–Crippen MR) is 52.5 cm³/mol. The quantitative estimate of drug-likeness (QED) is 0.691. The van der Waals surface area contributed by atoms with Gasteiger partial charge in [-0.05, 0) is 30.3 Å². The van der Waals surface area contributed by atoms with Gasteiger partial charge in [0, 0.05) is 23.0 Å². The van der Waals surface area contributed by atoms with Gasteiger partial charge in [0.05, 0.1) is 0 Å². The molecule has 0 radical (unpaired) electrons. The van der Waals surface area contributed by atoms with Gasteiger partial charge in [-0.15, -0.1) is 0 Å². The Bertz CT molecular complexity index is 383. The number of rotatable bonds is 1. The summed E-state index contributed by atoms with van der Waals surface area (Å²) in [6.07, 6.45) is 3.44. The summed E-state index contributed by atoms with van der Waals surface area (Å²) in [6.45, 7) is 0. The molecule has 64 valence electrons. The van der Waals surface area contributed by atoms with Gasteiger partial charge >= 0.3 is 0 Å². The third kappa shape index (κ3) is 1.84. The van der Waals surface area contributed by atoms with E-state index in [1.54, 1.807) is 18.5 Å². The molecule has 0 spiro atoms. The number of benzene rings is 1. The zero-order valence-corrected chi connectivity index (χ0v) is 7.57. The highest BCUT2D eigenvalue weighted by atomic mass is 35.5. The van der Waals surface area contributed by atoms with Crippen molar-refractivity contribution < 1.29 is 0 Å². The lowest BCUT2D eigenvalue weighted by atomic mass is 10.2. The van der Waals surface area contributed by atoms with E-state index in [9.17, 15) is 0 Å². The molecule has 0 atom stereocenters. The molecule has 2 rings (SSSR count). The first kappa shape index (κ1) is 8.20. The summed E-state index contributed by atoms with van der Waals surface area (Å²) in [5.41, 5.74) is 0.977. The average molecular weight is 191 g/mol. The topological polar surface area (TPSA) is 25.8 Å². The first-order valence-electron chi connectivity index (χ1n) is 3.89. The van der Waals surface area contributed by atoms with Crippen LogP contribution in [-0.2, 0) is 0 Å². The van der Waals surface area contributed by atoms with Crippen LogP contribution in [0.25, 0.3) is 11.4 Å². The molecule has 0 saturated carbocycles. The summed E-state index contributed by atoms with van der Waals surface area (Å²) in [7, 11) is 0. The van der Waals surface area contributed by atoms with E-state index in [0.29, 0.717) is 0 Å². The van der Waals surface area contributed by atoms with Crippen molar-refractivity contribution in [1.82, 2.24) is 9.97 Å². The molecule has 2 aromatic rings. The molecule has 0 unspecified atom stereocenters. The smallest absolute Gasteiger partial charge is 0.159 e. The maximum Gasteiger partial charge on any atom is 0.159 e. The van der Waals surface area contributed by atoms with Crippen molar-refractivity contribution in [3.8, 4) is 11.4 Å². The molecular weight excluding hydrogens is 184 g/mol. The fraction of sp³-hybridized carbons (Fsp3) is 0. The lowest BCUT2D eigenvalue weighted by Crippen LogP contribution is -1.85. The lowest BCUT2D eigenvalue weighted by Gasteiger charge is -1.97. The second-order valence-corrected chi connectivity index (χ2v) is 3.02. The van der Waals surface area contributed by atoms with Crippen LogP contribution in [0.15, 0.2) is 42.7 Å². The third-order valence-electron chi connectivity index (χ3n) is 1.67. The lowest BCUT2D eigenvalue weighted by molar-refractivity contribution is 1.18. The van der Waals surface area contributed by atoms with Gasteiger partial charge in [-0.1, -0.05) is 11.6 Å². The van der Waals surface area contributed by atoms with Gasteiger partial charge in [0.1, 0.15) is 0 Å². The van der Waals surface area contributed by atoms with Gasteiger partial charge in [0.25, 0.3) is 0 Å². The second-order valence-electron chi connectivity index (χ2n) is 2.58. The van der Waals surface area contributed by atoms with Crippen molar-refractivity contribution in [2.45, 2.75) is 0 Å². The first-order chi connectivity index (χ1) is 6.36. The van der Waals surface area contributed by atoms with E-state index in [2.05, 4.69) is 9.97 Å². The van der Waals surface area contributed by atoms with Crippen molar-refractivity contribution in [3.63, 3.8) is 0 Å². The highest BCUT2D eigenvalue weighted by Gasteiger charge is 1.97. The summed E-state index contributed by atoms with van der Waals surface area (Å²) in [5, 5.41) is 0.722. The predicted octanol–water partition coefficient (Wildman–Crippen LogP) is 2.80. The number of hydrogen-bond acceptors (Lipinski definition) is 2. The molecule has 0 amide bonds. The minimum absolute atomic E-state index is 0.721. The van der Waals surface area contributed by atoms with E-state index >= 15 is 0 Å². The molecule has 0 N–H and O–H groups in total. The van der Waals surface area contributed by atoms with Gasteiger partial charge in [-0.3, -0.25) is 0 Å². The number of hydrogen-bond donors (Lipinski definition) is 0. The molecule has 0 fully saturated rings. The summed E-state index contributed by atoms with van der Waals surface area (Å²) in [6, 6.07) is 9.25. The molecule has 0 saturated heterocycles. The first-order valence-corrected chi connectivity index (χ1v) is 4.27. The van der Waals surface area contributed by atoms with Gasteiger partial charge in [0.15, 0.2) is 5.82 Å². The maximum atomic E-state index is 5.76. The van der Waals surface area contributed by atoms with E-state index in [1.165, 1.54) is 0 Å². The van der Waals surface area contributed by atoms with E-state index in [1.807, 2.05) is 24.3 Å². The molecular formula is C10H7ClN2. The van der Waals surface area contributed by atoms with Crippen LogP contribution in [0, 0.1) is 0 Å². The summed E-state index contributed by atoms with van der Waals surface area (Å²) >= 11 is 5.76. The number of halogens is 1. The molecule has 1 aromatic carbocycles. The Morgan fingerprint density at radius 2 is 1.54 bits per heavy atom. The Balaban J connectivity index is 2.42. The SMILES string of the molecule is Clc1ccc(-c2ncccn2)cc1. The fourth-order valence-corrected chi connectivity index (χ4v) is 1.17. The molecule has 0 aliphatic rings. The van der Waals surface area contributed by atoms with Crippen molar-refractivity contribution in [3.05, 3.63) is 47.7 Å². The Labute approximate surface area is 81.2 Å². The van der Waals surface area contributed by atoms with E-state index in [-0.39, 0.29) is 0 Å². The van der Waals surface area contributed by atoms with Gasteiger partial charge in [0.2, 0.25) is 0 Å². The second kappa shape index (κ2) is 3.54. The highest BCUT2D eigenvalue weighted by molar-refractivity contribution is 6.30. The van der Waals surface area contributed by atoms with Crippen LogP contribution in [0.3, 0.4) is 0 Å². The monoisotopic (exact) mass is 190 g/mol. The van der Waals surface area contributed by atoms with Crippen LogP contribution in [0.2, 0.25) is 5.02 Å². The van der Waals surface area contributed by atoms with Crippen LogP contribution in [0.1, 0.15) is 0 Å². The van der Waals surface area contributed by atoms with E-state index in [0.717, 1.165) is 16.4 Å². The molecule has 1 aromatic heterocycles. The summed E-state index contributed by atoms with van der Waals surface area (Å²) in [5.74, 6) is 0.721.